The van der Waals surface area contributed by atoms with E-state index in [9.17, 15) is 14.0 Å². The summed E-state index contributed by atoms with van der Waals surface area (Å²) in [5, 5.41) is 5.54. The van der Waals surface area contributed by atoms with Gasteiger partial charge in [0.15, 0.2) is 0 Å². The zero-order valence-electron chi connectivity index (χ0n) is 16.8. The molecular formula is C21H26FN3O3. The molecule has 2 N–H and O–H groups in total. The number of hydrogen-bond donors (Lipinski definition) is 2. The third kappa shape index (κ3) is 6.04. The molecule has 0 radical (unpaired) electrons. The predicted molar refractivity (Wildman–Crippen MR) is 106 cm³/mol. The molecule has 6 nitrogen and oxygen atoms in total. The number of aryl methyl sites for hydroxylation is 2. The van der Waals surface area contributed by atoms with Gasteiger partial charge in [-0.2, -0.15) is 0 Å². The number of aromatic nitrogens is 1. The summed E-state index contributed by atoms with van der Waals surface area (Å²) < 4.78 is 18.3. The lowest BCUT2D eigenvalue weighted by Crippen LogP contribution is -2.27. The first-order valence-corrected chi connectivity index (χ1v) is 9.10. The molecule has 7 heteroatoms. The van der Waals surface area contributed by atoms with Gasteiger partial charge in [-0.3, -0.25) is 9.59 Å². The fourth-order valence-corrected chi connectivity index (χ4v) is 2.84. The van der Waals surface area contributed by atoms with Crippen LogP contribution < -0.4 is 15.4 Å². The van der Waals surface area contributed by atoms with Crippen molar-refractivity contribution in [2.24, 2.45) is 0 Å². The number of amides is 2. The number of carbonyl (C=O) groups excluding carboxylic acids is 2. The lowest BCUT2D eigenvalue weighted by molar-refractivity contribution is -0.114. The van der Waals surface area contributed by atoms with Gasteiger partial charge in [-0.25, -0.2) is 9.37 Å². The number of rotatable bonds is 7. The lowest BCUT2D eigenvalue weighted by Gasteiger charge is -2.18. The molecule has 2 aromatic rings. The Morgan fingerprint density at radius 3 is 2.50 bits per heavy atom. The average molecular weight is 387 g/mol. The van der Waals surface area contributed by atoms with Gasteiger partial charge in [0.05, 0.1) is 6.04 Å². The van der Waals surface area contributed by atoms with E-state index in [1.807, 2.05) is 26.0 Å². The lowest BCUT2D eigenvalue weighted by atomic mass is 10.0. The second kappa shape index (κ2) is 9.30. The van der Waals surface area contributed by atoms with E-state index in [1.54, 1.807) is 25.1 Å². The maximum absolute atomic E-state index is 12.9. The summed E-state index contributed by atoms with van der Waals surface area (Å²) in [6.07, 6.45) is -1.04. The molecule has 0 bridgehead atoms. The van der Waals surface area contributed by atoms with Gasteiger partial charge in [0, 0.05) is 18.2 Å². The van der Waals surface area contributed by atoms with Crippen LogP contribution in [-0.2, 0) is 4.79 Å². The van der Waals surface area contributed by atoms with Gasteiger partial charge in [0.2, 0.25) is 5.91 Å². The third-order valence-electron chi connectivity index (χ3n) is 4.05. The van der Waals surface area contributed by atoms with Crippen LogP contribution in [0.2, 0.25) is 0 Å². The van der Waals surface area contributed by atoms with Crippen molar-refractivity contribution in [1.29, 1.82) is 0 Å². The van der Waals surface area contributed by atoms with Gasteiger partial charge in [-0.1, -0.05) is 6.07 Å². The van der Waals surface area contributed by atoms with Crippen molar-refractivity contribution in [3.8, 4) is 5.75 Å². The van der Waals surface area contributed by atoms with Crippen LogP contribution in [0.5, 0.6) is 5.75 Å². The van der Waals surface area contributed by atoms with Crippen molar-refractivity contribution < 1.29 is 18.7 Å². The van der Waals surface area contributed by atoms with E-state index in [-0.39, 0.29) is 24.5 Å². The summed E-state index contributed by atoms with van der Waals surface area (Å²) in [4.78, 5) is 28.1. The van der Waals surface area contributed by atoms with Crippen LogP contribution in [-0.4, -0.2) is 29.6 Å². The van der Waals surface area contributed by atoms with Crippen LogP contribution in [0.4, 0.5) is 10.2 Å². The molecule has 0 aliphatic rings. The number of benzene rings is 1. The van der Waals surface area contributed by atoms with E-state index in [0.29, 0.717) is 22.8 Å². The standard InChI is InChI=1S/C21H26FN3O3/c1-12-8-18(28-11-13(2)22)6-7-19(12)15(4)24-21(27)17-9-14(3)23-20(10-17)25-16(5)26/h6-10,13,15H,11H2,1-5H3,(H,24,27)(H,23,25,26)/t13-,15?/m1/s1. The molecule has 28 heavy (non-hydrogen) atoms. The molecule has 0 spiro atoms. The van der Waals surface area contributed by atoms with E-state index in [2.05, 4.69) is 15.6 Å². The molecule has 0 aliphatic heterocycles. The maximum Gasteiger partial charge on any atom is 0.251 e. The van der Waals surface area contributed by atoms with Gasteiger partial charge in [0.1, 0.15) is 24.3 Å². The SMILES string of the molecule is CC(=O)Nc1cc(C(=O)NC(C)c2ccc(OC[C@@H](C)F)cc2C)cc(C)n1. The molecule has 0 saturated heterocycles. The molecule has 2 amide bonds. The number of nitrogens with zero attached hydrogens (tertiary/aromatic N) is 1. The Kier molecular flexibility index (Phi) is 7.09. The Balaban J connectivity index is 2.12. The second-order valence-corrected chi connectivity index (χ2v) is 6.87. The molecule has 1 aromatic heterocycles. The fourth-order valence-electron chi connectivity index (χ4n) is 2.84. The summed E-state index contributed by atoms with van der Waals surface area (Å²) in [5.41, 5.74) is 2.91. The number of ether oxygens (including phenoxy) is 1. The summed E-state index contributed by atoms with van der Waals surface area (Å²) in [7, 11) is 0. The zero-order chi connectivity index (χ0) is 20.8. The summed E-state index contributed by atoms with van der Waals surface area (Å²) in [6.45, 7) is 8.38. The van der Waals surface area contributed by atoms with Gasteiger partial charge < -0.3 is 15.4 Å². The summed E-state index contributed by atoms with van der Waals surface area (Å²) in [6, 6.07) is 8.40. The van der Waals surface area contributed by atoms with E-state index in [4.69, 9.17) is 4.74 Å². The highest BCUT2D eigenvalue weighted by atomic mass is 19.1. The van der Waals surface area contributed by atoms with E-state index < -0.39 is 6.17 Å². The number of halogens is 1. The van der Waals surface area contributed by atoms with Gasteiger partial charge in [0.25, 0.3) is 5.91 Å². The van der Waals surface area contributed by atoms with Gasteiger partial charge in [-0.15, -0.1) is 0 Å². The molecule has 0 fully saturated rings. The number of pyridine rings is 1. The molecule has 1 aromatic carbocycles. The highest BCUT2D eigenvalue weighted by Gasteiger charge is 2.15. The Bertz CT molecular complexity index is 868. The first kappa shape index (κ1) is 21.3. The average Bonchev–Trinajstić information content (AvgIpc) is 2.58. The molecule has 0 aliphatic carbocycles. The first-order chi connectivity index (χ1) is 13.2. The van der Waals surface area contributed by atoms with Crippen molar-refractivity contribution in [3.63, 3.8) is 0 Å². The fraction of sp³-hybridized carbons (Fsp3) is 0.381. The topological polar surface area (TPSA) is 80.3 Å². The van der Waals surface area contributed by atoms with Crippen LogP contribution in [0.1, 0.15) is 54.0 Å². The van der Waals surface area contributed by atoms with Crippen molar-refractivity contribution >= 4 is 17.6 Å². The van der Waals surface area contributed by atoms with Crippen molar-refractivity contribution in [3.05, 3.63) is 52.7 Å². The van der Waals surface area contributed by atoms with E-state index in [1.165, 1.54) is 13.8 Å². The molecule has 1 heterocycles. The monoisotopic (exact) mass is 387 g/mol. The minimum atomic E-state index is -1.04. The summed E-state index contributed by atoms with van der Waals surface area (Å²) >= 11 is 0. The van der Waals surface area contributed by atoms with Crippen LogP contribution in [0, 0.1) is 13.8 Å². The van der Waals surface area contributed by atoms with Crippen LogP contribution in [0.25, 0.3) is 0 Å². The first-order valence-electron chi connectivity index (χ1n) is 9.10. The normalized spacial score (nSPS) is 12.8. The molecule has 0 saturated carbocycles. The number of alkyl halides is 1. The maximum atomic E-state index is 12.9. The highest BCUT2D eigenvalue weighted by Crippen LogP contribution is 2.23. The van der Waals surface area contributed by atoms with Crippen LogP contribution in [0.3, 0.4) is 0 Å². The van der Waals surface area contributed by atoms with Crippen molar-refractivity contribution in [1.82, 2.24) is 10.3 Å². The van der Waals surface area contributed by atoms with Crippen LogP contribution >= 0.6 is 0 Å². The Morgan fingerprint density at radius 2 is 1.89 bits per heavy atom. The van der Waals surface area contributed by atoms with Gasteiger partial charge >= 0.3 is 0 Å². The van der Waals surface area contributed by atoms with Crippen LogP contribution in [0.15, 0.2) is 30.3 Å². The van der Waals surface area contributed by atoms with Gasteiger partial charge in [-0.05, 0) is 63.1 Å². The molecule has 1 unspecified atom stereocenters. The van der Waals surface area contributed by atoms with E-state index >= 15 is 0 Å². The largest absolute Gasteiger partial charge is 0.491 e. The third-order valence-corrected chi connectivity index (χ3v) is 4.05. The van der Waals surface area contributed by atoms with E-state index in [0.717, 1.165) is 11.1 Å². The summed E-state index contributed by atoms with van der Waals surface area (Å²) in [5.74, 6) is 0.410. The Morgan fingerprint density at radius 1 is 1.18 bits per heavy atom. The Labute approximate surface area is 164 Å². The quantitative estimate of drug-likeness (QED) is 0.755. The zero-order valence-corrected chi connectivity index (χ0v) is 16.8. The van der Waals surface area contributed by atoms with Crippen molar-refractivity contribution in [2.75, 3.05) is 11.9 Å². The van der Waals surface area contributed by atoms with Crippen molar-refractivity contribution in [2.45, 2.75) is 46.8 Å². The number of nitrogens with one attached hydrogen (secondary N) is 2. The molecule has 2 rings (SSSR count). The number of anilines is 1. The number of hydrogen-bond acceptors (Lipinski definition) is 4. The highest BCUT2D eigenvalue weighted by molar-refractivity contribution is 5.96. The molecular weight excluding hydrogens is 361 g/mol. The number of carbonyl (C=O) groups is 2. The molecule has 150 valence electrons. The molecule has 2 atom stereocenters. The smallest absolute Gasteiger partial charge is 0.251 e. The Hall–Kier alpha value is -2.96. The minimum absolute atomic E-state index is 0.00308. The second-order valence-electron chi connectivity index (χ2n) is 6.87. The predicted octanol–water partition coefficient (Wildman–Crippen LogP) is 3.88. The minimum Gasteiger partial charge on any atom is -0.491 e.